The molecule has 1 N–H and O–H groups in total. The average Bonchev–Trinajstić information content (AvgIpc) is 3.32. The average molecular weight is 387 g/mol. The van der Waals surface area contributed by atoms with Crippen molar-refractivity contribution in [2.24, 2.45) is 0 Å². The van der Waals surface area contributed by atoms with E-state index in [1.54, 1.807) is 36.4 Å². The molecule has 1 aromatic heterocycles. The quantitative estimate of drug-likeness (QED) is 0.740. The van der Waals surface area contributed by atoms with Crippen molar-refractivity contribution in [2.75, 3.05) is 12.1 Å². The smallest absolute Gasteiger partial charge is 0.265 e. The van der Waals surface area contributed by atoms with Crippen LogP contribution >= 0.6 is 11.3 Å². The molecule has 0 spiro atoms. The third kappa shape index (κ3) is 3.04. The Morgan fingerprint density at radius 1 is 0.962 bits per heavy atom. The Kier molecular flexibility index (Phi) is 4.14. The summed E-state index contributed by atoms with van der Waals surface area (Å²) < 4.78 is 35.8. The Labute approximate surface area is 153 Å². The monoisotopic (exact) mass is 387 g/mol. The summed E-state index contributed by atoms with van der Waals surface area (Å²) in [5, 5.41) is 2.73. The second kappa shape index (κ2) is 6.47. The first-order chi connectivity index (χ1) is 12.5. The number of benzene rings is 2. The van der Waals surface area contributed by atoms with Gasteiger partial charge in [-0.3, -0.25) is 4.79 Å². The van der Waals surface area contributed by atoms with Crippen molar-refractivity contribution in [2.45, 2.75) is 9.10 Å². The minimum absolute atomic E-state index is 0.125. The minimum Gasteiger partial charge on any atom is -0.454 e. The summed E-state index contributed by atoms with van der Waals surface area (Å²) in [6.45, 7) is 0.151. The number of rotatable bonds is 4. The number of hydrogen-bond acceptors (Lipinski definition) is 6. The van der Waals surface area contributed by atoms with Gasteiger partial charge >= 0.3 is 0 Å². The largest absolute Gasteiger partial charge is 0.454 e. The van der Waals surface area contributed by atoms with Crippen LogP contribution in [0.1, 0.15) is 9.67 Å². The third-order valence-electron chi connectivity index (χ3n) is 3.75. The SMILES string of the molecule is O=C(Nc1ccc2c(c1)OCO2)c1ccc(S(=O)(=O)c2ccccc2)s1. The zero-order valence-corrected chi connectivity index (χ0v) is 15.0. The van der Waals surface area contributed by atoms with E-state index in [2.05, 4.69) is 5.32 Å². The molecular weight excluding hydrogens is 374 g/mol. The van der Waals surface area contributed by atoms with Gasteiger partial charge < -0.3 is 14.8 Å². The normalized spacial score (nSPS) is 12.8. The zero-order valence-electron chi connectivity index (χ0n) is 13.3. The fourth-order valence-electron chi connectivity index (χ4n) is 2.47. The van der Waals surface area contributed by atoms with Crippen molar-refractivity contribution in [3.8, 4) is 11.5 Å². The van der Waals surface area contributed by atoms with Gasteiger partial charge in [0, 0.05) is 11.8 Å². The molecule has 26 heavy (non-hydrogen) atoms. The highest BCUT2D eigenvalue weighted by atomic mass is 32.2. The molecule has 0 radical (unpaired) electrons. The van der Waals surface area contributed by atoms with Gasteiger partial charge in [-0.25, -0.2) is 8.42 Å². The summed E-state index contributed by atoms with van der Waals surface area (Å²) in [4.78, 5) is 12.9. The fourth-order valence-corrected chi connectivity index (χ4v) is 5.09. The molecule has 0 fully saturated rings. The van der Waals surface area contributed by atoms with Crippen molar-refractivity contribution in [3.05, 3.63) is 65.5 Å². The Morgan fingerprint density at radius 2 is 1.73 bits per heavy atom. The summed E-state index contributed by atoms with van der Waals surface area (Å²) in [6.07, 6.45) is 0. The molecule has 0 bridgehead atoms. The molecule has 1 amide bonds. The number of carbonyl (C=O) groups is 1. The van der Waals surface area contributed by atoms with Gasteiger partial charge in [-0.15, -0.1) is 11.3 Å². The summed E-state index contributed by atoms with van der Waals surface area (Å²) in [6, 6.07) is 16.1. The molecule has 0 saturated carbocycles. The van der Waals surface area contributed by atoms with Crippen LogP contribution in [0.25, 0.3) is 0 Å². The van der Waals surface area contributed by atoms with E-state index in [1.807, 2.05) is 0 Å². The number of thiophene rings is 1. The van der Waals surface area contributed by atoms with E-state index >= 15 is 0 Å². The lowest BCUT2D eigenvalue weighted by molar-refractivity contribution is 0.103. The number of fused-ring (bicyclic) bond motifs is 1. The van der Waals surface area contributed by atoms with Crippen LogP contribution in [0.5, 0.6) is 11.5 Å². The Morgan fingerprint density at radius 3 is 2.54 bits per heavy atom. The first-order valence-electron chi connectivity index (χ1n) is 7.65. The number of amides is 1. The maximum absolute atomic E-state index is 12.6. The van der Waals surface area contributed by atoms with Gasteiger partial charge in [0.2, 0.25) is 16.6 Å². The van der Waals surface area contributed by atoms with Gasteiger partial charge in [0.25, 0.3) is 5.91 Å². The fraction of sp³-hybridized carbons (Fsp3) is 0.0556. The molecule has 8 heteroatoms. The van der Waals surface area contributed by atoms with E-state index in [4.69, 9.17) is 9.47 Å². The molecule has 0 saturated heterocycles. The van der Waals surface area contributed by atoms with Crippen LogP contribution in [-0.4, -0.2) is 21.1 Å². The highest BCUT2D eigenvalue weighted by Crippen LogP contribution is 2.34. The lowest BCUT2D eigenvalue weighted by atomic mass is 10.2. The van der Waals surface area contributed by atoms with Gasteiger partial charge in [0.15, 0.2) is 11.5 Å². The topological polar surface area (TPSA) is 81.7 Å². The number of ether oxygens (including phenoxy) is 2. The highest BCUT2D eigenvalue weighted by molar-refractivity contribution is 7.93. The molecule has 0 aliphatic carbocycles. The minimum atomic E-state index is -3.63. The van der Waals surface area contributed by atoms with Gasteiger partial charge in [-0.1, -0.05) is 18.2 Å². The van der Waals surface area contributed by atoms with Crippen LogP contribution < -0.4 is 14.8 Å². The van der Waals surface area contributed by atoms with Gasteiger partial charge in [-0.05, 0) is 36.4 Å². The van der Waals surface area contributed by atoms with Crippen molar-refractivity contribution in [1.29, 1.82) is 0 Å². The van der Waals surface area contributed by atoms with E-state index in [0.29, 0.717) is 22.1 Å². The van der Waals surface area contributed by atoms with Crippen molar-refractivity contribution in [3.63, 3.8) is 0 Å². The molecule has 1 aliphatic heterocycles. The first kappa shape index (κ1) is 16.6. The molecule has 1 aliphatic rings. The van der Waals surface area contributed by atoms with Crippen LogP contribution in [-0.2, 0) is 9.84 Å². The van der Waals surface area contributed by atoms with Crippen LogP contribution in [0, 0.1) is 0 Å². The molecule has 2 heterocycles. The Bertz CT molecular complexity index is 1070. The number of sulfone groups is 1. The van der Waals surface area contributed by atoms with Crippen LogP contribution in [0.2, 0.25) is 0 Å². The first-order valence-corrected chi connectivity index (χ1v) is 9.95. The standard InChI is InChI=1S/C18H13NO5S2/c20-18(19-12-6-7-14-15(10-12)24-11-23-14)16-8-9-17(25-16)26(21,22)13-4-2-1-3-5-13/h1-10H,11H2,(H,19,20). The number of carbonyl (C=O) groups excluding carboxylic acids is 1. The summed E-state index contributed by atoms with van der Waals surface area (Å²) in [7, 11) is -3.63. The van der Waals surface area contributed by atoms with Crippen LogP contribution in [0.4, 0.5) is 5.69 Å². The molecule has 2 aromatic carbocycles. The molecule has 6 nitrogen and oxygen atoms in total. The lowest BCUT2D eigenvalue weighted by Gasteiger charge is -2.04. The molecular formula is C18H13NO5S2. The van der Waals surface area contributed by atoms with Crippen molar-refractivity contribution < 1.29 is 22.7 Å². The van der Waals surface area contributed by atoms with E-state index in [0.717, 1.165) is 11.3 Å². The highest BCUT2D eigenvalue weighted by Gasteiger charge is 2.22. The molecule has 0 atom stereocenters. The molecule has 4 rings (SSSR count). The predicted molar refractivity (Wildman–Crippen MR) is 96.7 cm³/mol. The lowest BCUT2D eigenvalue weighted by Crippen LogP contribution is -2.09. The van der Waals surface area contributed by atoms with Gasteiger partial charge in [-0.2, -0.15) is 0 Å². The molecule has 0 unspecified atom stereocenters. The van der Waals surface area contributed by atoms with E-state index in [1.165, 1.54) is 24.3 Å². The second-order valence-electron chi connectivity index (χ2n) is 5.46. The number of anilines is 1. The van der Waals surface area contributed by atoms with Crippen molar-refractivity contribution in [1.82, 2.24) is 0 Å². The van der Waals surface area contributed by atoms with Gasteiger partial charge in [0.1, 0.15) is 4.21 Å². The number of hydrogen-bond donors (Lipinski definition) is 1. The summed E-state index contributed by atoms with van der Waals surface area (Å²) >= 11 is 0.932. The Balaban J connectivity index is 1.55. The Hall–Kier alpha value is -2.84. The second-order valence-corrected chi connectivity index (χ2v) is 8.72. The maximum Gasteiger partial charge on any atom is 0.265 e. The molecule has 132 valence electrons. The van der Waals surface area contributed by atoms with Crippen molar-refractivity contribution >= 4 is 32.8 Å². The zero-order chi connectivity index (χ0) is 18.1. The van der Waals surface area contributed by atoms with Crippen LogP contribution in [0.15, 0.2) is 69.8 Å². The van der Waals surface area contributed by atoms with Gasteiger partial charge in [0.05, 0.1) is 9.77 Å². The van der Waals surface area contributed by atoms with E-state index in [-0.39, 0.29) is 21.8 Å². The van der Waals surface area contributed by atoms with Crippen LogP contribution in [0.3, 0.4) is 0 Å². The predicted octanol–water partition coefficient (Wildman–Crippen LogP) is 3.56. The van der Waals surface area contributed by atoms with E-state index < -0.39 is 9.84 Å². The third-order valence-corrected chi connectivity index (χ3v) is 7.10. The summed E-state index contributed by atoms with van der Waals surface area (Å²) in [5.74, 6) is 0.792. The maximum atomic E-state index is 12.6. The molecule has 3 aromatic rings. The number of nitrogens with one attached hydrogen (secondary N) is 1. The van der Waals surface area contributed by atoms with E-state index in [9.17, 15) is 13.2 Å². The summed E-state index contributed by atoms with van der Waals surface area (Å²) in [5.41, 5.74) is 0.542.